The molecule has 0 saturated heterocycles. The van der Waals surface area contributed by atoms with E-state index in [4.69, 9.17) is 5.73 Å². The molecule has 1 aliphatic rings. The lowest BCUT2D eigenvalue weighted by Gasteiger charge is -2.23. The van der Waals surface area contributed by atoms with Gasteiger partial charge in [-0.2, -0.15) is 13.2 Å². The fourth-order valence-corrected chi connectivity index (χ4v) is 2.61. The van der Waals surface area contributed by atoms with Gasteiger partial charge >= 0.3 is 6.18 Å². The second-order valence-electron chi connectivity index (χ2n) is 5.03. The predicted molar refractivity (Wildman–Crippen MR) is 69.0 cm³/mol. The lowest BCUT2D eigenvalue weighted by Crippen LogP contribution is -2.32. The highest BCUT2D eigenvalue weighted by Crippen LogP contribution is 2.37. The zero-order chi connectivity index (χ0) is 14.3. The van der Waals surface area contributed by atoms with Crippen LogP contribution in [0.25, 0.3) is 11.4 Å². The van der Waals surface area contributed by atoms with Crippen molar-refractivity contribution in [2.75, 3.05) is 0 Å². The molecule has 6 heteroatoms. The molecule has 0 radical (unpaired) electrons. The first-order valence-electron chi connectivity index (χ1n) is 6.43. The van der Waals surface area contributed by atoms with E-state index >= 15 is 0 Å². The monoisotopic (exact) mass is 281 g/mol. The van der Waals surface area contributed by atoms with Gasteiger partial charge in [0.15, 0.2) is 0 Å². The second kappa shape index (κ2) is 4.63. The molecule has 0 spiro atoms. The summed E-state index contributed by atoms with van der Waals surface area (Å²) in [6.45, 7) is 0.511. The Kier molecular flexibility index (Phi) is 3.05. The highest BCUT2D eigenvalue weighted by atomic mass is 19.4. The average molecular weight is 281 g/mol. The number of aromatic nitrogens is 2. The van der Waals surface area contributed by atoms with Gasteiger partial charge in [0.05, 0.1) is 5.56 Å². The molecule has 1 atom stereocenters. The molecule has 3 nitrogen and oxygen atoms in total. The Labute approximate surface area is 114 Å². The molecule has 1 aromatic heterocycles. The van der Waals surface area contributed by atoms with Crippen LogP contribution in [0.3, 0.4) is 0 Å². The average Bonchev–Trinajstić information content (AvgIpc) is 2.80. The molecule has 1 unspecified atom stereocenters. The first-order chi connectivity index (χ1) is 9.47. The Morgan fingerprint density at radius 3 is 2.75 bits per heavy atom. The van der Waals surface area contributed by atoms with Crippen LogP contribution in [0.2, 0.25) is 0 Å². The molecule has 106 valence electrons. The number of aryl methyl sites for hydroxylation is 1. The summed E-state index contributed by atoms with van der Waals surface area (Å²) in [4.78, 5) is 4.18. The number of rotatable bonds is 1. The van der Waals surface area contributed by atoms with Crippen LogP contribution in [-0.2, 0) is 19.1 Å². The Morgan fingerprint density at radius 2 is 2.00 bits per heavy atom. The third-order valence-electron chi connectivity index (χ3n) is 3.60. The number of nitrogens with two attached hydrogens (primary N) is 1. The number of hydrogen-bond donors (Lipinski definition) is 1. The standard InChI is InChI=1S/C14H14F3N3/c15-14(16,17)12-4-2-1-3-11(12)13-19-7-10-6-5-9(18)8-20(10)13/h1-4,7,9H,5-6,8,18H2. The first kappa shape index (κ1) is 13.2. The minimum Gasteiger partial charge on any atom is -0.327 e. The van der Waals surface area contributed by atoms with Crippen LogP contribution in [0, 0.1) is 0 Å². The van der Waals surface area contributed by atoms with E-state index in [-0.39, 0.29) is 11.6 Å². The van der Waals surface area contributed by atoms with E-state index in [0.29, 0.717) is 12.4 Å². The van der Waals surface area contributed by atoms with Crippen LogP contribution in [0.5, 0.6) is 0 Å². The minimum atomic E-state index is -4.39. The molecular formula is C14H14F3N3. The number of imidazole rings is 1. The molecule has 2 aromatic rings. The van der Waals surface area contributed by atoms with E-state index in [9.17, 15) is 13.2 Å². The van der Waals surface area contributed by atoms with Crippen molar-refractivity contribution in [3.05, 3.63) is 41.7 Å². The summed E-state index contributed by atoms with van der Waals surface area (Å²) in [7, 11) is 0. The van der Waals surface area contributed by atoms with Gasteiger partial charge in [0, 0.05) is 30.0 Å². The summed E-state index contributed by atoms with van der Waals surface area (Å²) in [6, 6.07) is 5.49. The molecule has 0 amide bonds. The quantitative estimate of drug-likeness (QED) is 0.873. The summed E-state index contributed by atoms with van der Waals surface area (Å²) in [5, 5.41) is 0. The summed E-state index contributed by atoms with van der Waals surface area (Å²) in [6.07, 6.45) is -1.15. The van der Waals surface area contributed by atoms with E-state index in [1.54, 1.807) is 16.8 Å². The maximum atomic E-state index is 13.1. The third-order valence-corrected chi connectivity index (χ3v) is 3.60. The zero-order valence-electron chi connectivity index (χ0n) is 10.7. The fourth-order valence-electron chi connectivity index (χ4n) is 2.61. The number of hydrogen-bond acceptors (Lipinski definition) is 2. The Hall–Kier alpha value is -1.82. The molecule has 2 heterocycles. The van der Waals surface area contributed by atoms with Crippen LogP contribution < -0.4 is 5.73 Å². The Bertz CT molecular complexity index is 631. The smallest absolute Gasteiger partial charge is 0.327 e. The van der Waals surface area contributed by atoms with E-state index in [2.05, 4.69) is 4.98 Å². The highest BCUT2D eigenvalue weighted by Gasteiger charge is 2.35. The van der Waals surface area contributed by atoms with Gasteiger partial charge in [-0.3, -0.25) is 0 Å². The van der Waals surface area contributed by atoms with Crippen molar-refractivity contribution in [3.63, 3.8) is 0 Å². The second-order valence-corrected chi connectivity index (χ2v) is 5.03. The summed E-state index contributed by atoms with van der Waals surface area (Å²) in [5.41, 5.74) is 6.30. The largest absolute Gasteiger partial charge is 0.417 e. The maximum absolute atomic E-state index is 13.1. The molecular weight excluding hydrogens is 267 g/mol. The van der Waals surface area contributed by atoms with Gasteiger partial charge < -0.3 is 10.3 Å². The van der Waals surface area contributed by atoms with Crippen molar-refractivity contribution in [2.24, 2.45) is 5.73 Å². The SMILES string of the molecule is NC1CCc2cnc(-c3ccccc3C(F)(F)F)n2C1. The molecule has 0 saturated carbocycles. The number of nitrogens with zero attached hydrogens (tertiary/aromatic N) is 2. The summed E-state index contributed by atoms with van der Waals surface area (Å²) in [5.74, 6) is 0.350. The van der Waals surface area contributed by atoms with Crippen LogP contribution in [-0.4, -0.2) is 15.6 Å². The van der Waals surface area contributed by atoms with Gasteiger partial charge in [0.1, 0.15) is 5.82 Å². The lowest BCUT2D eigenvalue weighted by molar-refractivity contribution is -0.137. The number of alkyl halides is 3. The van der Waals surface area contributed by atoms with Crippen molar-refractivity contribution in [3.8, 4) is 11.4 Å². The van der Waals surface area contributed by atoms with E-state index in [1.165, 1.54) is 12.1 Å². The van der Waals surface area contributed by atoms with Crippen LogP contribution >= 0.6 is 0 Å². The Morgan fingerprint density at radius 1 is 1.25 bits per heavy atom. The van der Waals surface area contributed by atoms with Crippen molar-refractivity contribution in [1.29, 1.82) is 0 Å². The zero-order valence-corrected chi connectivity index (χ0v) is 10.7. The summed E-state index contributed by atoms with van der Waals surface area (Å²) < 4.78 is 41.1. The van der Waals surface area contributed by atoms with Gasteiger partial charge in [0.25, 0.3) is 0 Å². The molecule has 20 heavy (non-hydrogen) atoms. The fraction of sp³-hybridized carbons (Fsp3) is 0.357. The normalized spacial score (nSPS) is 18.9. The van der Waals surface area contributed by atoms with Gasteiger partial charge in [-0.1, -0.05) is 18.2 Å². The van der Waals surface area contributed by atoms with Crippen molar-refractivity contribution >= 4 is 0 Å². The predicted octanol–water partition coefficient (Wildman–Crippen LogP) is 2.84. The maximum Gasteiger partial charge on any atom is 0.417 e. The molecule has 3 rings (SSSR count). The van der Waals surface area contributed by atoms with Crippen molar-refractivity contribution < 1.29 is 13.2 Å². The van der Waals surface area contributed by atoms with Crippen molar-refractivity contribution in [1.82, 2.24) is 9.55 Å². The first-order valence-corrected chi connectivity index (χ1v) is 6.43. The number of fused-ring (bicyclic) bond motifs is 1. The van der Waals surface area contributed by atoms with Crippen LogP contribution in [0.15, 0.2) is 30.5 Å². The van der Waals surface area contributed by atoms with Gasteiger partial charge in [-0.15, -0.1) is 0 Å². The van der Waals surface area contributed by atoms with Gasteiger partial charge in [-0.25, -0.2) is 4.98 Å². The minimum absolute atomic E-state index is 0.0338. The van der Waals surface area contributed by atoms with E-state index in [0.717, 1.165) is 24.6 Å². The molecule has 2 N–H and O–H groups in total. The number of benzene rings is 1. The molecule has 0 bridgehead atoms. The van der Waals surface area contributed by atoms with E-state index in [1.807, 2.05) is 0 Å². The number of halogens is 3. The third kappa shape index (κ3) is 2.20. The molecule has 0 aliphatic carbocycles. The van der Waals surface area contributed by atoms with Gasteiger partial charge in [-0.05, 0) is 18.9 Å². The van der Waals surface area contributed by atoms with Crippen LogP contribution in [0.4, 0.5) is 13.2 Å². The lowest BCUT2D eigenvalue weighted by atomic mass is 10.0. The molecule has 1 aromatic carbocycles. The topological polar surface area (TPSA) is 43.8 Å². The van der Waals surface area contributed by atoms with Crippen molar-refractivity contribution in [2.45, 2.75) is 31.6 Å². The van der Waals surface area contributed by atoms with E-state index < -0.39 is 11.7 Å². The van der Waals surface area contributed by atoms with Crippen LogP contribution in [0.1, 0.15) is 17.7 Å². The molecule has 1 aliphatic heterocycles. The molecule has 0 fully saturated rings. The summed E-state index contributed by atoms with van der Waals surface area (Å²) >= 11 is 0. The highest BCUT2D eigenvalue weighted by molar-refractivity contribution is 5.62. The Balaban J connectivity index is 2.14. The van der Waals surface area contributed by atoms with Gasteiger partial charge in [0.2, 0.25) is 0 Å².